The zero-order chi connectivity index (χ0) is 12.1. The van der Waals surface area contributed by atoms with Gasteiger partial charge in [-0.2, -0.15) is 0 Å². The smallest absolute Gasteiger partial charge is 0.125 e. The van der Waals surface area contributed by atoms with Gasteiger partial charge in [0.05, 0.1) is 7.11 Å². The highest BCUT2D eigenvalue weighted by Crippen LogP contribution is 2.32. The molecule has 2 heteroatoms. The van der Waals surface area contributed by atoms with Crippen molar-refractivity contribution in [3.63, 3.8) is 0 Å². The van der Waals surface area contributed by atoms with Crippen molar-refractivity contribution >= 4 is 11.6 Å². The van der Waals surface area contributed by atoms with E-state index in [2.05, 4.69) is 11.8 Å². The van der Waals surface area contributed by atoms with Crippen molar-refractivity contribution in [2.24, 2.45) is 0 Å². The molecule has 0 heterocycles. The van der Waals surface area contributed by atoms with E-state index in [0.29, 0.717) is 0 Å². The summed E-state index contributed by atoms with van der Waals surface area (Å²) in [5.74, 6) is 6.91. The highest BCUT2D eigenvalue weighted by molar-refractivity contribution is 6.31. The van der Waals surface area contributed by atoms with Crippen molar-refractivity contribution in [2.75, 3.05) is 7.11 Å². The molecule has 0 bridgehead atoms. The normalized spacial score (nSPS) is 9.56. The average Bonchev–Trinajstić information content (AvgIpc) is 2.25. The van der Waals surface area contributed by atoms with Crippen LogP contribution in [0.4, 0.5) is 0 Å². The number of hydrogen-bond donors (Lipinski definition) is 0. The van der Waals surface area contributed by atoms with Gasteiger partial charge in [0.25, 0.3) is 0 Å². The van der Waals surface area contributed by atoms with Crippen LogP contribution in [0.1, 0.15) is 30.0 Å². The van der Waals surface area contributed by atoms with E-state index in [9.17, 15) is 0 Å². The van der Waals surface area contributed by atoms with E-state index in [1.165, 1.54) is 5.56 Å². The SMILES string of the molecule is CC#CCCc1c(C)c(Cl)cc(C)c1OC. The van der Waals surface area contributed by atoms with Crippen LogP contribution in [-0.4, -0.2) is 7.11 Å². The molecule has 0 aliphatic rings. The van der Waals surface area contributed by atoms with Crippen molar-refractivity contribution in [1.29, 1.82) is 0 Å². The third-order valence-corrected chi connectivity index (χ3v) is 3.06. The first-order valence-electron chi connectivity index (χ1n) is 5.34. The summed E-state index contributed by atoms with van der Waals surface area (Å²) in [4.78, 5) is 0. The molecule has 0 N–H and O–H groups in total. The second kappa shape index (κ2) is 5.82. The predicted molar refractivity (Wildman–Crippen MR) is 69.2 cm³/mol. The van der Waals surface area contributed by atoms with E-state index in [4.69, 9.17) is 16.3 Å². The molecule has 0 aliphatic carbocycles. The zero-order valence-corrected chi connectivity index (χ0v) is 11.0. The van der Waals surface area contributed by atoms with Gasteiger partial charge in [0.15, 0.2) is 0 Å². The molecule has 86 valence electrons. The maximum absolute atomic E-state index is 6.17. The molecule has 0 fully saturated rings. The van der Waals surface area contributed by atoms with E-state index in [1.54, 1.807) is 7.11 Å². The highest BCUT2D eigenvalue weighted by atomic mass is 35.5. The molecular weight excluding hydrogens is 220 g/mol. The van der Waals surface area contributed by atoms with Gasteiger partial charge >= 0.3 is 0 Å². The molecule has 1 rings (SSSR count). The summed E-state index contributed by atoms with van der Waals surface area (Å²) in [7, 11) is 1.70. The number of benzene rings is 1. The molecule has 16 heavy (non-hydrogen) atoms. The molecule has 1 nitrogen and oxygen atoms in total. The molecule has 0 radical (unpaired) electrons. The molecule has 0 aliphatic heterocycles. The second-order valence-corrected chi connectivity index (χ2v) is 4.15. The highest BCUT2D eigenvalue weighted by Gasteiger charge is 2.12. The van der Waals surface area contributed by atoms with Gasteiger partial charge < -0.3 is 4.74 Å². The quantitative estimate of drug-likeness (QED) is 0.723. The molecule has 0 spiro atoms. The van der Waals surface area contributed by atoms with Crippen molar-refractivity contribution in [2.45, 2.75) is 33.6 Å². The topological polar surface area (TPSA) is 9.23 Å². The van der Waals surface area contributed by atoms with Gasteiger partial charge in [-0.25, -0.2) is 0 Å². The van der Waals surface area contributed by atoms with Crippen LogP contribution in [0.2, 0.25) is 5.02 Å². The maximum atomic E-state index is 6.17. The van der Waals surface area contributed by atoms with Crippen molar-refractivity contribution in [1.82, 2.24) is 0 Å². The minimum atomic E-state index is 0.803. The van der Waals surface area contributed by atoms with E-state index >= 15 is 0 Å². The first-order valence-corrected chi connectivity index (χ1v) is 5.71. The minimum absolute atomic E-state index is 0.803. The molecule has 0 saturated carbocycles. The zero-order valence-electron chi connectivity index (χ0n) is 10.3. The third-order valence-electron chi connectivity index (χ3n) is 2.67. The fraction of sp³-hybridized carbons (Fsp3) is 0.429. The second-order valence-electron chi connectivity index (χ2n) is 3.74. The molecule has 1 aromatic carbocycles. The third kappa shape index (κ3) is 2.71. The van der Waals surface area contributed by atoms with Crippen LogP contribution in [-0.2, 0) is 6.42 Å². The summed E-state index contributed by atoms with van der Waals surface area (Å²) in [5.41, 5.74) is 3.36. The van der Waals surface area contributed by atoms with Crippen LogP contribution in [0, 0.1) is 25.7 Å². The Kier molecular flexibility index (Phi) is 4.71. The lowest BCUT2D eigenvalue weighted by Crippen LogP contribution is -1.99. The average molecular weight is 237 g/mol. The molecule has 0 unspecified atom stereocenters. The van der Waals surface area contributed by atoms with Gasteiger partial charge in [-0.05, 0) is 49.9 Å². The van der Waals surface area contributed by atoms with Crippen LogP contribution >= 0.6 is 11.6 Å². The Hall–Kier alpha value is -1.13. The van der Waals surface area contributed by atoms with Crippen LogP contribution in [0.15, 0.2) is 6.07 Å². The number of rotatable bonds is 3. The van der Waals surface area contributed by atoms with E-state index < -0.39 is 0 Å². The van der Waals surface area contributed by atoms with E-state index in [-0.39, 0.29) is 0 Å². The first-order chi connectivity index (χ1) is 7.61. The number of ether oxygens (including phenoxy) is 1. The fourth-order valence-corrected chi connectivity index (χ4v) is 2.09. The van der Waals surface area contributed by atoms with Gasteiger partial charge in [-0.15, -0.1) is 11.8 Å². The van der Waals surface area contributed by atoms with Gasteiger partial charge in [-0.3, -0.25) is 0 Å². The Balaban J connectivity index is 3.15. The Morgan fingerprint density at radius 3 is 2.62 bits per heavy atom. The molecular formula is C14H17ClO. The Morgan fingerprint density at radius 1 is 1.38 bits per heavy atom. The number of hydrogen-bond acceptors (Lipinski definition) is 1. The Morgan fingerprint density at radius 2 is 2.06 bits per heavy atom. The summed E-state index contributed by atoms with van der Waals surface area (Å²) in [6.45, 7) is 5.89. The van der Waals surface area contributed by atoms with Gasteiger partial charge in [-0.1, -0.05) is 11.6 Å². The van der Waals surface area contributed by atoms with Gasteiger partial charge in [0.1, 0.15) is 5.75 Å². The lowest BCUT2D eigenvalue weighted by atomic mass is 9.99. The van der Waals surface area contributed by atoms with E-state index in [1.807, 2.05) is 26.8 Å². The summed E-state index contributed by atoms with van der Waals surface area (Å²) in [6, 6.07) is 1.95. The monoisotopic (exact) mass is 236 g/mol. The lowest BCUT2D eigenvalue weighted by molar-refractivity contribution is 0.406. The molecule has 0 aromatic heterocycles. The van der Waals surface area contributed by atoms with Crippen molar-refractivity contribution < 1.29 is 4.74 Å². The lowest BCUT2D eigenvalue weighted by Gasteiger charge is -2.14. The van der Waals surface area contributed by atoms with Crippen LogP contribution in [0.3, 0.4) is 0 Å². The van der Waals surface area contributed by atoms with Gasteiger partial charge in [0, 0.05) is 11.4 Å². The fourth-order valence-electron chi connectivity index (χ4n) is 1.81. The first kappa shape index (κ1) is 12.9. The maximum Gasteiger partial charge on any atom is 0.125 e. The standard InChI is InChI=1S/C14H17ClO/c1-5-6-7-8-12-11(3)13(15)9-10(2)14(12)16-4/h9H,7-8H2,1-4H3. The molecule has 0 amide bonds. The van der Waals surface area contributed by atoms with Crippen molar-refractivity contribution in [3.8, 4) is 17.6 Å². The van der Waals surface area contributed by atoms with Crippen LogP contribution in [0.5, 0.6) is 5.75 Å². The molecule has 0 saturated heterocycles. The van der Waals surface area contributed by atoms with Crippen LogP contribution in [0.25, 0.3) is 0 Å². The van der Waals surface area contributed by atoms with Gasteiger partial charge in [0.2, 0.25) is 0 Å². The number of halogens is 1. The number of methoxy groups -OCH3 is 1. The van der Waals surface area contributed by atoms with Crippen LogP contribution < -0.4 is 4.74 Å². The number of aryl methyl sites for hydroxylation is 1. The molecule has 0 atom stereocenters. The Bertz CT molecular complexity index is 438. The Labute approximate surface area is 103 Å². The summed E-state index contributed by atoms with van der Waals surface area (Å²) in [6.07, 6.45) is 1.73. The molecule has 1 aromatic rings. The largest absolute Gasteiger partial charge is 0.496 e. The minimum Gasteiger partial charge on any atom is -0.496 e. The van der Waals surface area contributed by atoms with Crippen molar-refractivity contribution in [3.05, 3.63) is 27.8 Å². The van der Waals surface area contributed by atoms with E-state index in [0.717, 1.165) is 34.7 Å². The summed E-state index contributed by atoms with van der Waals surface area (Å²) >= 11 is 6.17. The summed E-state index contributed by atoms with van der Waals surface area (Å²) in [5, 5.41) is 0.803. The predicted octanol–water partition coefficient (Wildman–Crippen LogP) is 3.92. The summed E-state index contributed by atoms with van der Waals surface area (Å²) < 4.78 is 5.44.